The fourth-order valence-corrected chi connectivity index (χ4v) is 3.90. The topological polar surface area (TPSA) is 36.4 Å². The number of hydrogen-bond acceptors (Lipinski definition) is 3. The van der Waals surface area contributed by atoms with Crippen LogP contribution in [-0.2, 0) is 0 Å². The number of hydrogen-bond donors (Lipinski definition) is 0. The van der Waals surface area contributed by atoms with Gasteiger partial charge in [0, 0.05) is 29.8 Å². The number of likely N-dealkylation sites (tertiary alicyclic amines) is 2. The molecule has 5 heteroatoms. The van der Waals surface area contributed by atoms with Crippen molar-refractivity contribution in [3.63, 3.8) is 0 Å². The highest BCUT2D eigenvalue weighted by Gasteiger charge is 2.29. The number of carbonyl (C=O) groups is 1. The Labute approximate surface area is 134 Å². The van der Waals surface area contributed by atoms with Gasteiger partial charge in [0.05, 0.1) is 0 Å². The summed E-state index contributed by atoms with van der Waals surface area (Å²) >= 11 is 3.39. The van der Waals surface area contributed by atoms with Crippen LogP contribution in [-0.4, -0.2) is 52.9 Å². The van der Waals surface area contributed by atoms with Crippen molar-refractivity contribution >= 4 is 21.8 Å². The predicted molar refractivity (Wildman–Crippen MR) is 86.4 cm³/mol. The number of amides is 1. The van der Waals surface area contributed by atoms with E-state index in [0.717, 1.165) is 36.0 Å². The molecule has 0 bridgehead atoms. The van der Waals surface area contributed by atoms with Crippen LogP contribution in [0.25, 0.3) is 0 Å². The second kappa shape index (κ2) is 6.44. The molecule has 2 fully saturated rings. The Hall–Kier alpha value is -0.940. The van der Waals surface area contributed by atoms with Gasteiger partial charge >= 0.3 is 0 Å². The Balaban J connectivity index is 1.62. The minimum Gasteiger partial charge on any atom is -0.337 e. The molecule has 0 radical (unpaired) electrons. The van der Waals surface area contributed by atoms with Crippen LogP contribution in [0.1, 0.15) is 41.7 Å². The lowest BCUT2D eigenvalue weighted by Crippen LogP contribution is -2.46. The molecule has 0 aliphatic carbocycles. The normalized spacial score (nSPS) is 21.0. The van der Waals surface area contributed by atoms with Gasteiger partial charge in [-0.15, -0.1) is 0 Å². The van der Waals surface area contributed by atoms with E-state index in [2.05, 4.69) is 25.8 Å². The van der Waals surface area contributed by atoms with Crippen LogP contribution < -0.4 is 0 Å². The molecule has 1 aromatic rings. The zero-order chi connectivity index (χ0) is 14.8. The smallest absolute Gasteiger partial charge is 0.272 e. The first-order chi connectivity index (χ1) is 10.1. The lowest BCUT2D eigenvalue weighted by atomic mass is 10.0. The number of aryl methyl sites for hydroxylation is 1. The van der Waals surface area contributed by atoms with E-state index < -0.39 is 0 Å². The van der Waals surface area contributed by atoms with Crippen LogP contribution in [0.5, 0.6) is 0 Å². The molecule has 21 heavy (non-hydrogen) atoms. The molecule has 0 spiro atoms. The summed E-state index contributed by atoms with van der Waals surface area (Å²) in [6.45, 7) is 6.15. The van der Waals surface area contributed by atoms with E-state index in [9.17, 15) is 4.79 Å². The van der Waals surface area contributed by atoms with Crippen LogP contribution in [0.4, 0.5) is 0 Å². The molecule has 0 atom stereocenters. The summed E-state index contributed by atoms with van der Waals surface area (Å²) < 4.78 is 0.921. The third-order valence-corrected chi connectivity index (χ3v) is 5.09. The van der Waals surface area contributed by atoms with Crippen molar-refractivity contribution < 1.29 is 4.79 Å². The highest BCUT2D eigenvalue weighted by molar-refractivity contribution is 9.10. The summed E-state index contributed by atoms with van der Waals surface area (Å²) in [4.78, 5) is 21.5. The highest BCUT2D eigenvalue weighted by atomic mass is 79.9. The highest BCUT2D eigenvalue weighted by Crippen LogP contribution is 2.22. The fraction of sp³-hybridized carbons (Fsp3) is 0.625. The van der Waals surface area contributed by atoms with Gasteiger partial charge in [-0.2, -0.15) is 0 Å². The maximum atomic E-state index is 12.6. The fourth-order valence-electron chi connectivity index (χ4n) is 3.45. The van der Waals surface area contributed by atoms with Gasteiger partial charge in [-0.05, 0) is 73.3 Å². The van der Waals surface area contributed by atoms with Crippen molar-refractivity contribution in [2.75, 3.05) is 26.2 Å². The molecule has 0 unspecified atom stereocenters. The first-order valence-electron chi connectivity index (χ1n) is 7.80. The Kier molecular flexibility index (Phi) is 4.60. The van der Waals surface area contributed by atoms with Crippen molar-refractivity contribution in [3.05, 3.63) is 28.0 Å². The molecule has 2 aliphatic rings. The maximum Gasteiger partial charge on any atom is 0.272 e. The summed E-state index contributed by atoms with van der Waals surface area (Å²) in [6, 6.07) is 2.63. The molecule has 2 aliphatic heterocycles. The van der Waals surface area contributed by atoms with Gasteiger partial charge in [-0.1, -0.05) is 0 Å². The SMILES string of the molecule is Cc1cc(Br)cnc1C(=O)N1CCC(N2CCCC2)CC1. The third kappa shape index (κ3) is 3.29. The summed E-state index contributed by atoms with van der Waals surface area (Å²) in [5.74, 6) is 0.0832. The first kappa shape index (κ1) is 15.0. The van der Waals surface area contributed by atoms with E-state index in [4.69, 9.17) is 0 Å². The molecule has 2 saturated heterocycles. The summed E-state index contributed by atoms with van der Waals surface area (Å²) in [6.07, 6.45) is 6.57. The molecule has 4 nitrogen and oxygen atoms in total. The summed E-state index contributed by atoms with van der Waals surface area (Å²) in [5.41, 5.74) is 1.54. The zero-order valence-electron chi connectivity index (χ0n) is 12.5. The lowest BCUT2D eigenvalue weighted by Gasteiger charge is -2.36. The second-order valence-corrected chi connectivity index (χ2v) is 7.00. The number of pyridine rings is 1. The molecule has 114 valence electrons. The van der Waals surface area contributed by atoms with E-state index in [-0.39, 0.29) is 5.91 Å². The van der Waals surface area contributed by atoms with Gasteiger partial charge in [0.25, 0.3) is 5.91 Å². The van der Waals surface area contributed by atoms with E-state index in [1.807, 2.05) is 17.9 Å². The number of rotatable bonds is 2. The van der Waals surface area contributed by atoms with E-state index >= 15 is 0 Å². The quantitative estimate of drug-likeness (QED) is 0.821. The molecule has 0 saturated carbocycles. The van der Waals surface area contributed by atoms with Crippen LogP contribution in [0, 0.1) is 6.92 Å². The van der Waals surface area contributed by atoms with Crippen molar-refractivity contribution in [2.24, 2.45) is 0 Å². The Morgan fingerprint density at radius 3 is 2.52 bits per heavy atom. The number of halogens is 1. The summed E-state index contributed by atoms with van der Waals surface area (Å²) in [5, 5.41) is 0. The van der Waals surface area contributed by atoms with Gasteiger partial charge in [0.2, 0.25) is 0 Å². The van der Waals surface area contributed by atoms with Gasteiger partial charge < -0.3 is 9.80 Å². The van der Waals surface area contributed by atoms with Crippen molar-refractivity contribution in [1.82, 2.24) is 14.8 Å². The van der Waals surface area contributed by atoms with Crippen molar-refractivity contribution in [1.29, 1.82) is 0 Å². The minimum absolute atomic E-state index is 0.0832. The Bertz CT molecular complexity index is 520. The number of aromatic nitrogens is 1. The molecule has 3 rings (SSSR count). The van der Waals surface area contributed by atoms with Crippen LogP contribution in [0.3, 0.4) is 0 Å². The minimum atomic E-state index is 0.0832. The van der Waals surface area contributed by atoms with E-state index in [1.165, 1.54) is 25.9 Å². The van der Waals surface area contributed by atoms with Crippen LogP contribution in [0.15, 0.2) is 16.7 Å². The van der Waals surface area contributed by atoms with Gasteiger partial charge in [-0.25, -0.2) is 4.98 Å². The lowest BCUT2D eigenvalue weighted by molar-refractivity contribution is 0.0638. The molecular formula is C16H22BrN3O. The van der Waals surface area contributed by atoms with Crippen LogP contribution >= 0.6 is 15.9 Å². The van der Waals surface area contributed by atoms with Gasteiger partial charge in [0.15, 0.2) is 0 Å². The first-order valence-corrected chi connectivity index (χ1v) is 8.60. The molecular weight excluding hydrogens is 330 g/mol. The summed E-state index contributed by atoms with van der Waals surface area (Å²) in [7, 11) is 0. The Morgan fingerprint density at radius 2 is 1.90 bits per heavy atom. The van der Waals surface area contributed by atoms with Crippen molar-refractivity contribution in [2.45, 2.75) is 38.6 Å². The average molecular weight is 352 g/mol. The monoisotopic (exact) mass is 351 g/mol. The van der Waals surface area contributed by atoms with Crippen LogP contribution in [0.2, 0.25) is 0 Å². The number of piperidine rings is 1. The second-order valence-electron chi connectivity index (χ2n) is 6.09. The van der Waals surface area contributed by atoms with E-state index in [0.29, 0.717) is 11.7 Å². The van der Waals surface area contributed by atoms with E-state index in [1.54, 1.807) is 6.20 Å². The number of carbonyl (C=O) groups excluding carboxylic acids is 1. The molecule has 1 amide bonds. The molecule has 3 heterocycles. The maximum absolute atomic E-state index is 12.6. The van der Waals surface area contributed by atoms with Gasteiger partial charge in [0.1, 0.15) is 5.69 Å². The Morgan fingerprint density at radius 1 is 1.24 bits per heavy atom. The van der Waals surface area contributed by atoms with Gasteiger partial charge in [-0.3, -0.25) is 4.79 Å². The zero-order valence-corrected chi connectivity index (χ0v) is 14.1. The molecule has 0 N–H and O–H groups in total. The van der Waals surface area contributed by atoms with Crippen molar-refractivity contribution in [3.8, 4) is 0 Å². The number of nitrogens with zero attached hydrogens (tertiary/aromatic N) is 3. The molecule has 0 aromatic carbocycles. The molecule has 1 aromatic heterocycles. The standard InChI is InChI=1S/C16H22BrN3O/c1-12-10-13(17)11-18-15(12)16(21)20-8-4-14(5-9-20)19-6-2-3-7-19/h10-11,14H,2-9H2,1H3. The predicted octanol–water partition coefficient (Wildman–Crippen LogP) is 2.85. The third-order valence-electron chi connectivity index (χ3n) is 4.66. The largest absolute Gasteiger partial charge is 0.337 e. The average Bonchev–Trinajstić information content (AvgIpc) is 3.01.